The topological polar surface area (TPSA) is 68.0 Å². The Morgan fingerprint density at radius 3 is 2.76 bits per heavy atom. The van der Waals surface area contributed by atoms with E-state index in [2.05, 4.69) is 15.5 Å². The minimum Gasteiger partial charge on any atom is -0.338 e. The SMILES string of the molecule is Cc1cc(NC(=O)c2ccc(-c3ccsc3)nc2C)on1. The average molecular weight is 299 g/mol. The van der Waals surface area contributed by atoms with E-state index >= 15 is 0 Å². The Bertz CT molecular complexity index is 778. The van der Waals surface area contributed by atoms with E-state index in [1.807, 2.05) is 29.8 Å². The number of aromatic nitrogens is 2. The molecule has 0 radical (unpaired) electrons. The van der Waals surface area contributed by atoms with Gasteiger partial charge in [-0.3, -0.25) is 15.1 Å². The van der Waals surface area contributed by atoms with Crippen LogP contribution < -0.4 is 5.32 Å². The summed E-state index contributed by atoms with van der Waals surface area (Å²) in [5.74, 6) is 0.0758. The van der Waals surface area contributed by atoms with Gasteiger partial charge in [0.2, 0.25) is 5.88 Å². The molecule has 0 atom stereocenters. The normalized spacial score (nSPS) is 10.6. The zero-order valence-corrected chi connectivity index (χ0v) is 12.4. The Morgan fingerprint density at radius 2 is 2.14 bits per heavy atom. The average Bonchev–Trinajstić information content (AvgIpc) is 3.10. The van der Waals surface area contributed by atoms with E-state index in [1.54, 1.807) is 30.4 Å². The number of aryl methyl sites for hydroxylation is 2. The zero-order chi connectivity index (χ0) is 14.8. The summed E-state index contributed by atoms with van der Waals surface area (Å²) in [6.45, 7) is 3.61. The van der Waals surface area contributed by atoms with Crippen molar-refractivity contribution < 1.29 is 9.32 Å². The number of nitrogens with one attached hydrogen (secondary N) is 1. The molecule has 0 saturated carbocycles. The Hall–Kier alpha value is -2.47. The van der Waals surface area contributed by atoms with Crippen LogP contribution in [0.25, 0.3) is 11.3 Å². The second kappa shape index (κ2) is 5.49. The van der Waals surface area contributed by atoms with Crippen LogP contribution >= 0.6 is 11.3 Å². The molecule has 1 amide bonds. The number of hydrogen-bond acceptors (Lipinski definition) is 5. The molecule has 106 valence electrons. The van der Waals surface area contributed by atoms with E-state index in [4.69, 9.17) is 4.52 Å². The predicted molar refractivity (Wildman–Crippen MR) is 81.5 cm³/mol. The molecule has 3 heterocycles. The number of carbonyl (C=O) groups is 1. The van der Waals surface area contributed by atoms with E-state index in [1.165, 1.54) is 0 Å². The van der Waals surface area contributed by atoms with Crippen LogP contribution in [0.5, 0.6) is 0 Å². The molecule has 0 aromatic carbocycles. The van der Waals surface area contributed by atoms with E-state index in [9.17, 15) is 4.79 Å². The first-order chi connectivity index (χ1) is 10.1. The van der Waals surface area contributed by atoms with Crippen molar-refractivity contribution in [2.45, 2.75) is 13.8 Å². The third kappa shape index (κ3) is 2.85. The summed E-state index contributed by atoms with van der Waals surface area (Å²) < 4.78 is 4.98. The number of rotatable bonds is 3. The highest BCUT2D eigenvalue weighted by Crippen LogP contribution is 2.22. The molecule has 0 aliphatic rings. The van der Waals surface area contributed by atoms with Crippen LogP contribution in [0.4, 0.5) is 5.88 Å². The van der Waals surface area contributed by atoms with Crippen molar-refractivity contribution in [2.75, 3.05) is 5.32 Å². The Balaban J connectivity index is 1.84. The molecule has 3 aromatic rings. The van der Waals surface area contributed by atoms with Gasteiger partial charge in [-0.2, -0.15) is 11.3 Å². The van der Waals surface area contributed by atoms with Crippen molar-refractivity contribution >= 4 is 23.1 Å². The summed E-state index contributed by atoms with van der Waals surface area (Å²) in [4.78, 5) is 16.7. The van der Waals surface area contributed by atoms with Crippen LogP contribution in [0.3, 0.4) is 0 Å². The van der Waals surface area contributed by atoms with Crippen LogP contribution in [0.15, 0.2) is 39.5 Å². The number of anilines is 1. The molecule has 0 spiro atoms. The van der Waals surface area contributed by atoms with Crippen molar-refractivity contribution in [1.82, 2.24) is 10.1 Å². The lowest BCUT2D eigenvalue weighted by Crippen LogP contribution is -2.13. The lowest BCUT2D eigenvalue weighted by atomic mass is 10.1. The van der Waals surface area contributed by atoms with E-state index in [-0.39, 0.29) is 5.91 Å². The van der Waals surface area contributed by atoms with Crippen molar-refractivity contribution in [1.29, 1.82) is 0 Å². The summed E-state index contributed by atoms with van der Waals surface area (Å²) in [6.07, 6.45) is 0. The minimum absolute atomic E-state index is 0.256. The first kappa shape index (κ1) is 13.5. The second-order valence-corrected chi connectivity index (χ2v) is 5.41. The van der Waals surface area contributed by atoms with Crippen LogP contribution in [-0.4, -0.2) is 16.0 Å². The third-order valence-corrected chi connectivity index (χ3v) is 3.70. The fourth-order valence-electron chi connectivity index (χ4n) is 1.97. The quantitative estimate of drug-likeness (QED) is 0.801. The number of nitrogens with zero attached hydrogens (tertiary/aromatic N) is 2. The standard InChI is InChI=1S/C15H13N3O2S/c1-9-7-14(20-18-9)17-15(19)12-3-4-13(16-10(12)2)11-5-6-21-8-11/h3-8H,1-2H3,(H,17,19). The van der Waals surface area contributed by atoms with Gasteiger partial charge in [-0.15, -0.1) is 0 Å². The highest BCUT2D eigenvalue weighted by Gasteiger charge is 2.13. The molecule has 0 aliphatic heterocycles. The molecular formula is C15H13N3O2S. The molecule has 0 saturated heterocycles. The van der Waals surface area contributed by atoms with E-state index in [0.717, 1.165) is 11.3 Å². The van der Waals surface area contributed by atoms with Gasteiger partial charge < -0.3 is 4.52 Å². The first-order valence-corrected chi connectivity index (χ1v) is 7.32. The van der Waals surface area contributed by atoms with Crippen molar-refractivity contribution in [3.63, 3.8) is 0 Å². The number of thiophene rings is 1. The Kier molecular flexibility index (Phi) is 3.53. The highest BCUT2D eigenvalue weighted by atomic mass is 32.1. The van der Waals surface area contributed by atoms with Gasteiger partial charge in [-0.05, 0) is 37.4 Å². The van der Waals surface area contributed by atoms with Gasteiger partial charge in [0, 0.05) is 17.0 Å². The highest BCUT2D eigenvalue weighted by molar-refractivity contribution is 7.08. The smallest absolute Gasteiger partial charge is 0.259 e. The molecule has 0 unspecified atom stereocenters. The lowest BCUT2D eigenvalue weighted by Gasteiger charge is -2.06. The van der Waals surface area contributed by atoms with Crippen molar-refractivity contribution in [2.24, 2.45) is 0 Å². The van der Waals surface area contributed by atoms with Gasteiger partial charge in [0.15, 0.2) is 0 Å². The number of carbonyl (C=O) groups excluding carboxylic acids is 1. The summed E-state index contributed by atoms with van der Waals surface area (Å²) >= 11 is 1.62. The summed E-state index contributed by atoms with van der Waals surface area (Å²) in [5.41, 5.74) is 3.82. The molecule has 0 bridgehead atoms. The number of pyridine rings is 1. The maximum atomic E-state index is 12.2. The first-order valence-electron chi connectivity index (χ1n) is 6.38. The maximum absolute atomic E-state index is 12.2. The monoisotopic (exact) mass is 299 g/mol. The summed E-state index contributed by atoms with van der Waals surface area (Å²) in [7, 11) is 0. The van der Waals surface area contributed by atoms with Gasteiger partial charge in [0.05, 0.1) is 22.6 Å². The van der Waals surface area contributed by atoms with Crippen LogP contribution in [0.2, 0.25) is 0 Å². The molecule has 3 rings (SSSR count). The second-order valence-electron chi connectivity index (χ2n) is 4.63. The Morgan fingerprint density at radius 1 is 1.29 bits per heavy atom. The predicted octanol–water partition coefficient (Wildman–Crippen LogP) is 3.67. The number of amides is 1. The number of hydrogen-bond donors (Lipinski definition) is 1. The molecule has 21 heavy (non-hydrogen) atoms. The van der Waals surface area contributed by atoms with Crippen LogP contribution in [-0.2, 0) is 0 Å². The maximum Gasteiger partial charge on any atom is 0.259 e. The van der Waals surface area contributed by atoms with E-state index < -0.39 is 0 Å². The Labute approximate surface area is 125 Å². The zero-order valence-electron chi connectivity index (χ0n) is 11.6. The van der Waals surface area contributed by atoms with Crippen LogP contribution in [0.1, 0.15) is 21.7 Å². The molecule has 5 nitrogen and oxygen atoms in total. The molecule has 6 heteroatoms. The van der Waals surface area contributed by atoms with Gasteiger partial charge in [0.25, 0.3) is 5.91 Å². The fourth-order valence-corrected chi connectivity index (χ4v) is 2.62. The van der Waals surface area contributed by atoms with Crippen molar-refractivity contribution in [3.05, 3.63) is 52.0 Å². The van der Waals surface area contributed by atoms with Crippen molar-refractivity contribution in [3.8, 4) is 11.3 Å². The fraction of sp³-hybridized carbons (Fsp3) is 0.133. The van der Waals surface area contributed by atoms with Gasteiger partial charge in [0.1, 0.15) is 0 Å². The van der Waals surface area contributed by atoms with Gasteiger partial charge in [-0.25, -0.2) is 0 Å². The van der Waals surface area contributed by atoms with E-state index in [0.29, 0.717) is 22.8 Å². The molecule has 3 aromatic heterocycles. The largest absolute Gasteiger partial charge is 0.338 e. The molecule has 1 N–H and O–H groups in total. The van der Waals surface area contributed by atoms with Crippen LogP contribution in [0, 0.1) is 13.8 Å². The van der Waals surface area contributed by atoms with Gasteiger partial charge in [-0.1, -0.05) is 5.16 Å². The molecule has 0 aliphatic carbocycles. The minimum atomic E-state index is -0.256. The van der Waals surface area contributed by atoms with Gasteiger partial charge >= 0.3 is 0 Å². The molecule has 0 fully saturated rings. The third-order valence-electron chi connectivity index (χ3n) is 3.01. The lowest BCUT2D eigenvalue weighted by molar-refractivity contribution is 0.102. The molecular weight excluding hydrogens is 286 g/mol. The summed E-state index contributed by atoms with van der Waals surface area (Å²) in [5, 5.41) is 10.4. The summed E-state index contributed by atoms with van der Waals surface area (Å²) in [6, 6.07) is 7.29.